The summed E-state index contributed by atoms with van der Waals surface area (Å²) in [6.07, 6.45) is 74.7. The van der Waals surface area contributed by atoms with E-state index in [-0.39, 0.29) is 12.5 Å². The zero-order chi connectivity index (χ0) is 51.3. The van der Waals surface area contributed by atoms with Gasteiger partial charge in [-0.05, 0) is 89.9 Å². The van der Waals surface area contributed by atoms with Gasteiger partial charge in [-0.15, -0.1) is 0 Å². The van der Waals surface area contributed by atoms with Crippen LogP contribution in [0.2, 0.25) is 0 Å². The zero-order valence-corrected chi connectivity index (χ0v) is 46.6. The number of carbonyl (C=O) groups is 1. The molecule has 0 aromatic carbocycles. The minimum absolute atomic E-state index is 0.0103. The Hall–Kier alpha value is -2.84. The number of quaternary nitrogens is 1. The van der Waals surface area contributed by atoms with Gasteiger partial charge in [0.2, 0.25) is 5.91 Å². The van der Waals surface area contributed by atoms with E-state index in [9.17, 15) is 19.4 Å². The van der Waals surface area contributed by atoms with Crippen LogP contribution in [0.4, 0.5) is 0 Å². The Labute approximate surface area is 431 Å². The van der Waals surface area contributed by atoms with Gasteiger partial charge in [0.1, 0.15) is 13.2 Å². The highest BCUT2D eigenvalue weighted by Gasteiger charge is 2.23. The molecule has 3 unspecified atom stereocenters. The van der Waals surface area contributed by atoms with Gasteiger partial charge < -0.3 is 28.8 Å². The summed E-state index contributed by atoms with van der Waals surface area (Å²) >= 11 is 0. The lowest BCUT2D eigenvalue weighted by Gasteiger charge is -2.29. The van der Waals surface area contributed by atoms with E-state index < -0.39 is 26.6 Å². The van der Waals surface area contributed by atoms with Gasteiger partial charge in [-0.25, -0.2) is 0 Å². The SMILES string of the molecule is CC/C=C\C/C=C\C/C=C\C/C=C\C/C=C\C/C=C\C/C=C\CCCCCCCCCCCCCCCCCC(=O)NC(COP(=O)([O-])OCC[N+](C)(C)C)C(O)/C=C/CC/C=C/CCCCCCC. The first kappa shape index (κ1) is 67.2. The van der Waals surface area contributed by atoms with Crippen LogP contribution in [-0.2, 0) is 18.4 Å². The van der Waals surface area contributed by atoms with Crippen molar-refractivity contribution in [3.8, 4) is 0 Å². The van der Waals surface area contributed by atoms with Crippen molar-refractivity contribution in [3.05, 3.63) is 109 Å². The van der Waals surface area contributed by atoms with Gasteiger partial charge in [-0.1, -0.05) is 232 Å². The Morgan fingerprint density at radius 2 is 0.886 bits per heavy atom. The molecule has 0 aromatic heterocycles. The molecule has 0 aliphatic heterocycles. The molecule has 0 saturated carbocycles. The van der Waals surface area contributed by atoms with Gasteiger partial charge >= 0.3 is 0 Å². The lowest BCUT2D eigenvalue weighted by Crippen LogP contribution is -2.45. The van der Waals surface area contributed by atoms with Crippen molar-refractivity contribution < 1.29 is 32.9 Å². The number of nitrogens with one attached hydrogen (secondary N) is 1. The van der Waals surface area contributed by atoms with Crippen LogP contribution in [0.15, 0.2) is 109 Å². The summed E-state index contributed by atoms with van der Waals surface area (Å²) in [5, 5.41) is 13.8. The molecule has 0 fully saturated rings. The number of aliphatic hydroxyl groups is 1. The Morgan fingerprint density at radius 1 is 0.514 bits per heavy atom. The van der Waals surface area contributed by atoms with Crippen LogP contribution in [0.25, 0.3) is 0 Å². The lowest BCUT2D eigenvalue weighted by molar-refractivity contribution is -0.870. The second-order valence-corrected chi connectivity index (χ2v) is 21.3. The van der Waals surface area contributed by atoms with Crippen molar-refractivity contribution in [3.63, 3.8) is 0 Å². The Kier molecular flexibility index (Phi) is 49.0. The number of phosphoric ester groups is 1. The smallest absolute Gasteiger partial charge is 0.268 e. The fourth-order valence-electron chi connectivity index (χ4n) is 7.56. The molecule has 0 aromatic rings. The maximum absolute atomic E-state index is 12.9. The lowest BCUT2D eigenvalue weighted by atomic mass is 10.0. The number of amides is 1. The van der Waals surface area contributed by atoms with E-state index in [2.05, 4.69) is 116 Å². The average molecular weight is 996 g/mol. The van der Waals surface area contributed by atoms with E-state index in [4.69, 9.17) is 9.05 Å². The first-order valence-corrected chi connectivity index (χ1v) is 29.7. The van der Waals surface area contributed by atoms with Crippen LogP contribution in [0, 0.1) is 0 Å². The summed E-state index contributed by atoms with van der Waals surface area (Å²) in [5.41, 5.74) is 0. The number of likely N-dealkylation sites (N-methyl/N-ethyl adjacent to an activating group) is 1. The quantitative estimate of drug-likeness (QED) is 0.0272. The summed E-state index contributed by atoms with van der Waals surface area (Å²) in [6, 6.07) is -0.907. The predicted octanol–water partition coefficient (Wildman–Crippen LogP) is 16.6. The predicted molar refractivity (Wildman–Crippen MR) is 302 cm³/mol. The molecule has 0 aliphatic rings. The zero-order valence-electron chi connectivity index (χ0n) is 45.7. The number of rotatable bonds is 50. The van der Waals surface area contributed by atoms with Crippen molar-refractivity contribution in [2.24, 2.45) is 0 Å². The Balaban J connectivity index is 4.02. The van der Waals surface area contributed by atoms with Crippen LogP contribution in [0.5, 0.6) is 0 Å². The van der Waals surface area contributed by atoms with Gasteiger partial charge in [-0.3, -0.25) is 9.36 Å². The molecular weight excluding hydrogens is 888 g/mol. The van der Waals surface area contributed by atoms with Crippen LogP contribution in [0.1, 0.15) is 219 Å². The first-order valence-electron chi connectivity index (χ1n) is 28.2. The minimum atomic E-state index is -4.60. The second kappa shape index (κ2) is 51.1. The molecule has 0 aliphatic carbocycles. The van der Waals surface area contributed by atoms with Gasteiger partial charge in [0.15, 0.2) is 0 Å². The number of aliphatic hydroxyl groups excluding tert-OH is 1. The molecule has 0 heterocycles. The van der Waals surface area contributed by atoms with Crippen LogP contribution >= 0.6 is 7.82 Å². The molecule has 2 N–H and O–H groups in total. The normalized spacial score (nSPS) is 14.8. The molecule has 9 heteroatoms. The molecule has 0 saturated heterocycles. The molecule has 0 spiro atoms. The highest BCUT2D eigenvalue weighted by molar-refractivity contribution is 7.45. The molecule has 0 rings (SSSR count). The Bertz CT molecular complexity index is 1500. The third-order valence-electron chi connectivity index (χ3n) is 12.0. The maximum atomic E-state index is 12.9. The van der Waals surface area contributed by atoms with Crippen LogP contribution in [-0.4, -0.2) is 68.5 Å². The van der Waals surface area contributed by atoms with Gasteiger partial charge in [0.05, 0.1) is 39.9 Å². The molecule has 402 valence electrons. The molecule has 1 amide bonds. The van der Waals surface area contributed by atoms with E-state index in [1.54, 1.807) is 6.08 Å². The standard InChI is InChI=1S/C61H107N2O6P/c1-6-8-10-12-14-16-18-19-20-21-22-23-24-25-26-27-28-29-30-31-32-33-34-35-36-37-38-39-40-41-42-43-45-47-49-51-53-55-61(65)62-59(58-69-70(66,67)68-57-56-63(3,4)5)60(64)54-52-50-48-46-44-17-15-13-11-9-7-2/h8,10,14,16,19-20,22-23,25-26,28-29,31-32,44,46,52,54,59-60,64H,6-7,9,11-13,15,17-18,21,24,27,30,33-43,45,47-51,53,55-58H2,1-5H3,(H-,62,65,66,67)/b10-8-,16-14-,20-19-,23-22-,26-25-,29-28-,32-31-,46-44+,54-52+. The van der Waals surface area contributed by atoms with Crippen molar-refractivity contribution in [2.75, 3.05) is 40.9 Å². The summed E-state index contributed by atoms with van der Waals surface area (Å²) in [7, 11) is 1.23. The van der Waals surface area contributed by atoms with E-state index >= 15 is 0 Å². The molecule has 3 atom stereocenters. The van der Waals surface area contributed by atoms with Crippen LogP contribution in [0.3, 0.4) is 0 Å². The minimum Gasteiger partial charge on any atom is -0.756 e. The molecule has 0 radical (unpaired) electrons. The van der Waals surface area contributed by atoms with Crippen molar-refractivity contribution in [2.45, 2.75) is 231 Å². The van der Waals surface area contributed by atoms with Crippen molar-refractivity contribution in [1.82, 2.24) is 5.32 Å². The molecule has 8 nitrogen and oxygen atoms in total. The van der Waals surface area contributed by atoms with Gasteiger partial charge in [0.25, 0.3) is 7.82 Å². The van der Waals surface area contributed by atoms with Gasteiger partial charge in [0, 0.05) is 6.42 Å². The van der Waals surface area contributed by atoms with Crippen molar-refractivity contribution in [1.29, 1.82) is 0 Å². The highest BCUT2D eigenvalue weighted by atomic mass is 31.2. The second-order valence-electron chi connectivity index (χ2n) is 19.9. The highest BCUT2D eigenvalue weighted by Crippen LogP contribution is 2.38. The average Bonchev–Trinajstić information content (AvgIpc) is 3.32. The maximum Gasteiger partial charge on any atom is 0.268 e. The largest absolute Gasteiger partial charge is 0.756 e. The monoisotopic (exact) mass is 995 g/mol. The fourth-order valence-corrected chi connectivity index (χ4v) is 8.28. The third kappa shape index (κ3) is 53.0. The van der Waals surface area contributed by atoms with E-state index in [1.807, 2.05) is 27.2 Å². The molecule has 70 heavy (non-hydrogen) atoms. The van der Waals surface area contributed by atoms with E-state index in [0.717, 1.165) is 83.5 Å². The number of allylic oxidation sites excluding steroid dienone is 17. The Morgan fingerprint density at radius 3 is 1.33 bits per heavy atom. The molecular formula is C61H107N2O6P. The first-order chi connectivity index (χ1) is 34.0. The number of unbranched alkanes of at least 4 members (excludes halogenated alkanes) is 21. The summed E-state index contributed by atoms with van der Waals surface area (Å²) in [5.74, 6) is -0.213. The van der Waals surface area contributed by atoms with Crippen LogP contribution < -0.4 is 10.2 Å². The van der Waals surface area contributed by atoms with E-state index in [0.29, 0.717) is 17.4 Å². The summed E-state index contributed by atoms with van der Waals surface area (Å²) in [6.45, 7) is 4.47. The van der Waals surface area contributed by atoms with Gasteiger partial charge in [-0.2, -0.15) is 0 Å². The fraction of sp³-hybridized carbons (Fsp3) is 0.689. The molecule has 0 bridgehead atoms. The topological polar surface area (TPSA) is 108 Å². The summed E-state index contributed by atoms with van der Waals surface area (Å²) < 4.78 is 23.2. The number of hydrogen-bond donors (Lipinski definition) is 2. The summed E-state index contributed by atoms with van der Waals surface area (Å²) in [4.78, 5) is 25.4. The number of nitrogens with zero attached hydrogens (tertiary/aromatic N) is 1. The van der Waals surface area contributed by atoms with Crippen molar-refractivity contribution >= 4 is 13.7 Å². The third-order valence-corrected chi connectivity index (χ3v) is 12.9. The number of carbonyl (C=O) groups excluding carboxylic acids is 1. The number of phosphoric acid groups is 1. The van der Waals surface area contributed by atoms with E-state index in [1.165, 1.54) is 116 Å². The number of hydrogen-bond acceptors (Lipinski definition) is 6.